The predicted octanol–water partition coefficient (Wildman–Crippen LogP) is 1.97. The van der Waals surface area contributed by atoms with Crippen LogP contribution in [0, 0.1) is 6.92 Å². The van der Waals surface area contributed by atoms with Crippen LogP contribution in [0.2, 0.25) is 0 Å². The molecule has 1 aliphatic rings. The summed E-state index contributed by atoms with van der Waals surface area (Å²) in [4.78, 5) is 2.14. The Morgan fingerprint density at radius 1 is 1.26 bits per heavy atom. The largest absolute Gasteiger partial charge is 0.454 e. The van der Waals surface area contributed by atoms with Crippen molar-refractivity contribution in [1.29, 1.82) is 0 Å². The highest BCUT2D eigenvalue weighted by Gasteiger charge is 2.17. The van der Waals surface area contributed by atoms with E-state index in [4.69, 9.17) is 9.47 Å². The summed E-state index contributed by atoms with van der Waals surface area (Å²) >= 11 is 0. The van der Waals surface area contributed by atoms with Gasteiger partial charge in [0.15, 0.2) is 11.5 Å². The van der Waals surface area contributed by atoms with Gasteiger partial charge in [0.25, 0.3) is 0 Å². The Kier molecular flexibility index (Phi) is 4.02. The Morgan fingerprint density at radius 2 is 1.89 bits per heavy atom. The van der Waals surface area contributed by atoms with Crippen molar-refractivity contribution in [2.75, 3.05) is 26.9 Å². The average Bonchev–Trinajstić information content (AvgIpc) is 2.70. The fourth-order valence-electron chi connectivity index (χ4n) is 2.41. The van der Waals surface area contributed by atoms with E-state index in [-0.39, 0.29) is 0 Å². The van der Waals surface area contributed by atoms with Gasteiger partial charge < -0.3 is 19.5 Å². The molecule has 1 heterocycles. The lowest BCUT2D eigenvalue weighted by Gasteiger charge is -2.25. The first-order chi connectivity index (χ1) is 8.85. The highest BCUT2D eigenvalue weighted by atomic mass is 16.7. The maximum atomic E-state index is 9.79. The van der Waals surface area contributed by atoms with Crippen LogP contribution in [0.3, 0.4) is 0 Å². The number of rotatable bonds is 5. The van der Waals surface area contributed by atoms with Crippen molar-refractivity contribution in [2.45, 2.75) is 32.8 Å². The molecular formula is C15H23NO3. The van der Waals surface area contributed by atoms with Gasteiger partial charge in [-0.3, -0.25) is 0 Å². The van der Waals surface area contributed by atoms with Gasteiger partial charge in [-0.2, -0.15) is 0 Å². The standard InChI is InChI=1S/C15H23NO3/c1-11-7-13-14(19-10-18-13)8-12(11)5-6-16(4)9-15(2,3)17/h7-8,17H,5-6,9-10H2,1-4H3. The van der Waals surface area contributed by atoms with Gasteiger partial charge >= 0.3 is 0 Å². The molecule has 0 atom stereocenters. The summed E-state index contributed by atoms with van der Waals surface area (Å²) in [5.74, 6) is 1.68. The van der Waals surface area contributed by atoms with E-state index >= 15 is 0 Å². The molecular weight excluding hydrogens is 242 g/mol. The molecule has 2 rings (SSSR count). The Balaban J connectivity index is 1.96. The topological polar surface area (TPSA) is 41.9 Å². The number of hydrogen-bond acceptors (Lipinski definition) is 4. The van der Waals surface area contributed by atoms with Gasteiger partial charge in [0, 0.05) is 13.1 Å². The number of aryl methyl sites for hydroxylation is 1. The van der Waals surface area contributed by atoms with E-state index in [9.17, 15) is 5.11 Å². The summed E-state index contributed by atoms with van der Waals surface area (Å²) in [6.45, 7) is 7.63. The van der Waals surface area contributed by atoms with Crippen molar-refractivity contribution < 1.29 is 14.6 Å². The van der Waals surface area contributed by atoms with Crippen LogP contribution in [0.15, 0.2) is 12.1 Å². The number of likely N-dealkylation sites (N-methyl/N-ethyl adjacent to an activating group) is 1. The van der Waals surface area contributed by atoms with E-state index in [0.717, 1.165) is 24.5 Å². The van der Waals surface area contributed by atoms with Crippen molar-refractivity contribution in [3.63, 3.8) is 0 Å². The molecule has 0 unspecified atom stereocenters. The summed E-state index contributed by atoms with van der Waals surface area (Å²) < 4.78 is 10.8. The Hall–Kier alpha value is -1.26. The predicted molar refractivity (Wildman–Crippen MR) is 74.8 cm³/mol. The molecule has 0 saturated carbocycles. The normalized spacial score (nSPS) is 14.2. The van der Waals surface area contributed by atoms with E-state index in [1.54, 1.807) is 0 Å². The molecule has 1 aliphatic heterocycles. The van der Waals surface area contributed by atoms with Crippen LogP contribution in [0.5, 0.6) is 11.5 Å². The molecule has 0 aliphatic carbocycles. The first-order valence-electron chi connectivity index (χ1n) is 6.65. The van der Waals surface area contributed by atoms with Gasteiger partial charge in [0.2, 0.25) is 6.79 Å². The molecule has 0 fully saturated rings. The molecule has 0 saturated heterocycles. The zero-order valence-electron chi connectivity index (χ0n) is 12.2. The molecule has 19 heavy (non-hydrogen) atoms. The number of benzene rings is 1. The second-order valence-electron chi connectivity index (χ2n) is 5.93. The Bertz CT molecular complexity index is 451. The van der Waals surface area contributed by atoms with Crippen LogP contribution in [0.4, 0.5) is 0 Å². The molecule has 4 nitrogen and oxygen atoms in total. The molecule has 4 heteroatoms. The lowest BCUT2D eigenvalue weighted by Crippen LogP contribution is -2.37. The lowest BCUT2D eigenvalue weighted by molar-refractivity contribution is 0.0449. The third-order valence-corrected chi connectivity index (χ3v) is 3.25. The molecule has 1 aromatic rings. The van der Waals surface area contributed by atoms with Gasteiger partial charge in [-0.25, -0.2) is 0 Å². The van der Waals surface area contributed by atoms with Gasteiger partial charge in [-0.15, -0.1) is 0 Å². The average molecular weight is 265 g/mol. The van der Waals surface area contributed by atoms with E-state index < -0.39 is 5.60 Å². The number of hydrogen-bond donors (Lipinski definition) is 1. The lowest BCUT2D eigenvalue weighted by atomic mass is 10.0. The summed E-state index contributed by atoms with van der Waals surface area (Å²) in [5.41, 5.74) is 1.84. The van der Waals surface area contributed by atoms with Crippen molar-refractivity contribution in [2.24, 2.45) is 0 Å². The number of nitrogens with zero attached hydrogens (tertiary/aromatic N) is 1. The smallest absolute Gasteiger partial charge is 0.231 e. The van der Waals surface area contributed by atoms with E-state index in [0.29, 0.717) is 13.3 Å². The molecule has 1 aromatic carbocycles. The molecule has 1 N–H and O–H groups in total. The molecule has 0 spiro atoms. The van der Waals surface area contributed by atoms with Gasteiger partial charge in [-0.1, -0.05) is 0 Å². The van der Waals surface area contributed by atoms with E-state index in [1.807, 2.05) is 27.0 Å². The quantitative estimate of drug-likeness (QED) is 0.884. The summed E-state index contributed by atoms with van der Waals surface area (Å²) in [7, 11) is 2.03. The second kappa shape index (κ2) is 5.39. The zero-order valence-corrected chi connectivity index (χ0v) is 12.2. The van der Waals surface area contributed by atoms with E-state index in [1.165, 1.54) is 11.1 Å². The minimum Gasteiger partial charge on any atom is -0.454 e. The minimum absolute atomic E-state index is 0.316. The van der Waals surface area contributed by atoms with Crippen LogP contribution in [0.1, 0.15) is 25.0 Å². The summed E-state index contributed by atoms with van der Waals surface area (Å²) in [6.07, 6.45) is 0.940. The van der Waals surface area contributed by atoms with Crippen LogP contribution in [-0.2, 0) is 6.42 Å². The second-order valence-corrected chi connectivity index (χ2v) is 5.93. The fourth-order valence-corrected chi connectivity index (χ4v) is 2.41. The molecule has 0 radical (unpaired) electrons. The van der Waals surface area contributed by atoms with Crippen molar-refractivity contribution in [3.8, 4) is 11.5 Å². The first kappa shape index (κ1) is 14.2. The fraction of sp³-hybridized carbons (Fsp3) is 0.600. The minimum atomic E-state index is -0.654. The van der Waals surface area contributed by atoms with Gasteiger partial charge in [0.1, 0.15) is 0 Å². The van der Waals surface area contributed by atoms with Gasteiger partial charge in [0.05, 0.1) is 5.60 Å². The SMILES string of the molecule is Cc1cc2c(cc1CCN(C)CC(C)(C)O)OCO2. The maximum Gasteiger partial charge on any atom is 0.231 e. The Labute approximate surface area is 114 Å². The zero-order chi connectivity index (χ0) is 14.0. The van der Waals surface area contributed by atoms with Crippen molar-refractivity contribution in [1.82, 2.24) is 4.90 Å². The van der Waals surface area contributed by atoms with Crippen molar-refractivity contribution in [3.05, 3.63) is 23.3 Å². The summed E-state index contributed by atoms with van der Waals surface area (Å²) in [6, 6.07) is 4.10. The summed E-state index contributed by atoms with van der Waals surface area (Å²) in [5, 5.41) is 9.79. The number of aliphatic hydroxyl groups is 1. The Morgan fingerprint density at radius 3 is 2.53 bits per heavy atom. The van der Waals surface area contributed by atoms with Crippen LogP contribution < -0.4 is 9.47 Å². The highest BCUT2D eigenvalue weighted by Crippen LogP contribution is 2.34. The molecule has 106 valence electrons. The van der Waals surface area contributed by atoms with Gasteiger partial charge in [-0.05, 0) is 57.5 Å². The molecule has 0 amide bonds. The monoisotopic (exact) mass is 265 g/mol. The van der Waals surface area contributed by atoms with Crippen LogP contribution >= 0.6 is 0 Å². The third kappa shape index (κ3) is 3.85. The number of ether oxygens (including phenoxy) is 2. The maximum absolute atomic E-state index is 9.79. The van der Waals surface area contributed by atoms with E-state index in [2.05, 4.69) is 17.9 Å². The highest BCUT2D eigenvalue weighted by molar-refractivity contribution is 5.48. The number of fused-ring (bicyclic) bond motifs is 1. The first-order valence-corrected chi connectivity index (χ1v) is 6.65. The van der Waals surface area contributed by atoms with Crippen LogP contribution in [-0.4, -0.2) is 42.5 Å². The molecule has 0 aromatic heterocycles. The molecule has 0 bridgehead atoms. The van der Waals surface area contributed by atoms with Crippen molar-refractivity contribution >= 4 is 0 Å². The third-order valence-electron chi connectivity index (χ3n) is 3.25. The van der Waals surface area contributed by atoms with Crippen LogP contribution in [0.25, 0.3) is 0 Å².